The van der Waals surface area contributed by atoms with Gasteiger partial charge in [-0.3, -0.25) is 14.2 Å². The molecule has 0 atom stereocenters. The van der Waals surface area contributed by atoms with Crippen LogP contribution in [0.25, 0.3) is 17.3 Å². The van der Waals surface area contributed by atoms with Crippen LogP contribution in [0.2, 0.25) is 5.02 Å². The van der Waals surface area contributed by atoms with Gasteiger partial charge in [0, 0.05) is 18.1 Å². The van der Waals surface area contributed by atoms with Gasteiger partial charge in [-0.2, -0.15) is 5.26 Å². The van der Waals surface area contributed by atoms with Crippen LogP contribution in [0.5, 0.6) is 0 Å². The van der Waals surface area contributed by atoms with Crippen molar-refractivity contribution < 1.29 is 9.53 Å². The maximum absolute atomic E-state index is 13.6. The molecule has 8 heteroatoms. The Morgan fingerprint density at radius 2 is 1.94 bits per heavy atom. The molecule has 1 saturated heterocycles. The van der Waals surface area contributed by atoms with Crippen LogP contribution in [-0.4, -0.2) is 41.7 Å². The zero-order chi connectivity index (χ0) is 23.5. The van der Waals surface area contributed by atoms with Crippen molar-refractivity contribution in [1.29, 1.82) is 5.26 Å². The van der Waals surface area contributed by atoms with Crippen LogP contribution < -0.4 is 14.8 Å². The van der Waals surface area contributed by atoms with E-state index in [1.165, 1.54) is 4.57 Å². The Bertz CT molecular complexity index is 1440. The number of amides is 1. The number of morpholine rings is 1. The number of halogens is 1. The molecule has 0 N–H and O–H groups in total. The number of nitriles is 1. The minimum absolute atomic E-state index is 0.0512. The molecule has 2 aromatic carbocycles. The van der Waals surface area contributed by atoms with Crippen LogP contribution in [-0.2, 0) is 9.53 Å². The maximum Gasteiger partial charge on any atom is 0.273 e. The zero-order valence-electron chi connectivity index (χ0n) is 18.3. The van der Waals surface area contributed by atoms with Gasteiger partial charge >= 0.3 is 0 Å². The largest absolute Gasteiger partial charge is 0.378 e. The second-order valence-electron chi connectivity index (χ2n) is 7.79. The number of hydrogen-bond donors (Lipinski definition) is 0. The standard InChI is InChI=1S/C25H22ClN3O3S/c1-16-6-7-21(17(2)12-16)29-24(31)22(14-18-4-3-5-19(26)13-18)33-25(29)20(15-27)23(30)28-8-10-32-11-9-28/h3-7,12-14H,8-11H2,1-2H3/b22-14+,25-20-. The number of benzene rings is 2. The van der Waals surface area contributed by atoms with Gasteiger partial charge in [-0.05, 0) is 49.2 Å². The molecule has 33 heavy (non-hydrogen) atoms. The van der Waals surface area contributed by atoms with E-state index in [0.717, 1.165) is 28.0 Å². The highest BCUT2D eigenvalue weighted by molar-refractivity contribution is 7.07. The van der Waals surface area contributed by atoms with Crippen molar-refractivity contribution in [2.75, 3.05) is 26.3 Å². The fourth-order valence-electron chi connectivity index (χ4n) is 3.78. The predicted molar refractivity (Wildman–Crippen MR) is 130 cm³/mol. The summed E-state index contributed by atoms with van der Waals surface area (Å²) in [5, 5.41) is 10.5. The van der Waals surface area contributed by atoms with Crippen LogP contribution in [0.3, 0.4) is 0 Å². The molecule has 0 saturated carbocycles. The SMILES string of the molecule is Cc1ccc(-n2c(=O)/c(=C\c3cccc(Cl)c3)s/c2=C(/C#N)C(=O)N2CCOCC2)c(C)c1. The Labute approximate surface area is 200 Å². The molecule has 0 radical (unpaired) electrons. The van der Waals surface area contributed by atoms with Gasteiger partial charge in [-0.25, -0.2) is 0 Å². The third kappa shape index (κ3) is 4.79. The third-order valence-electron chi connectivity index (χ3n) is 5.40. The minimum Gasteiger partial charge on any atom is -0.378 e. The third-order valence-corrected chi connectivity index (χ3v) is 6.73. The summed E-state index contributed by atoms with van der Waals surface area (Å²) in [6.45, 7) is 5.54. The van der Waals surface area contributed by atoms with Gasteiger partial charge in [0.25, 0.3) is 11.5 Å². The lowest BCUT2D eigenvalue weighted by Crippen LogP contribution is -2.42. The van der Waals surface area contributed by atoms with Gasteiger partial charge in [0.05, 0.1) is 23.4 Å². The van der Waals surface area contributed by atoms with E-state index in [9.17, 15) is 14.9 Å². The Morgan fingerprint density at radius 3 is 2.61 bits per heavy atom. The Morgan fingerprint density at radius 1 is 1.18 bits per heavy atom. The van der Waals surface area contributed by atoms with Crippen LogP contribution in [0.4, 0.5) is 0 Å². The maximum atomic E-state index is 13.6. The van der Waals surface area contributed by atoms with E-state index in [0.29, 0.717) is 46.2 Å². The van der Waals surface area contributed by atoms with E-state index >= 15 is 0 Å². The summed E-state index contributed by atoms with van der Waals surface area (Å²) in [5.41, 5.74) is 3.00. The van der Waals surface area contributed by atoms with Gasteiger partial charge in [-0.1, -0.05) is 41.4 Å². The number of nitrogens with zero attached hydrogens (tertiary/aromatic N) is 3. The molecule has 4 rings (SSSR count). The summed E-state index contributed by atoms with van der Waals surface area (Å²) >= 11 is 7.24. The van der Waals surface area contributed by atoms with Crippen LogP contribution in [0, 0.1) is 25.2 Å². The molecular weight excluding hydrogens is 458 g/mol. The number of rotatable bonds is 3. The predicted octanol–water partition coefficient (Wildman–Crippen LogP) is 2.53. The smallest absolute Gasteiger partial charge is 0.273 e. The van der Waals surface area contributed by atoms with Gasteiger partial charge in [-0.15, -0.1) is 11.3 Å². The molecule has 0 bridgehead atoms. The molecule has 1 fully saturated rings. The van der Waals surface area contributed by atoms with Crippen LogP contribution in [0.1, 0.15) is 16.7 Å². The van der Waals surface area contributed by atoms with Crippen molar-refractivity contribution in [2.45, 2.75) is 13.8 Å². The molecule has 0 unspecified atom stereocenters. The number of thiazole rings is 1. The van der Waals surface area contributed by atoms with E-state index in [1.807, 2.05) is 38.1 Å². The van der Waals surface area contributed by atoms with Crippen molar-refractivity contribution >= 4 is 40.5 Å². The molecule has 0 aliphatic carbocycles. The van der Waals surface area contributed by atoms with E-state index < -0.39 is 5.91 Å². The van der Waals surface area contributed by atoms with Gasteiger partial charge in [0.1, 0.15) is 10.7 Å². The van der Waals surface area contributed by atoms with Crippen LogP contribution in [0.15, 0.2) is 47.3 Å². The quantitative estimate of drug-likeness (QED) is 0.578. The monoisotopic (exact) mass is 479 g/mol. The number of ether oxygens (including phenoxy) is 1. The number of carbonyl (C=O) groups excluding carboxylic acids is 1. The topological polar surface area (TPSA) is 75.3 Å². The first kappa shape index (κ1) is 23.0. The van der Waals surface area contributed by atoms with Crippen molar-refractivity contribution in [1.82, 2.24) is 9.47 Å². The number of carbonyl (C=O) groups is 1. The molecule has 0 spiro atoms. The lowest BCUT2D eigenvalue weighted by molar-refractivity contribution is -0.128. The molecule has 1 amide bonds. The summed E-state index contributed by atoms with van der Waals surface area (Å²) in [6.07, 6.45) is 1.73. The van der Waals surface area contributed by atoms with Gasteiger partial charge in [0.15, 0.2) is 5.57 Å². The van der Waals surface area contributed by atoms with E-state index in [-0.39, 0.29) is 11.1 Å². The summed E-state index contributed by atoms with van der Waals surface area (Å²) in [6, 6.07) is 15.0. The van der Waals surface area contributed by atoms with Crippen molar-refractivity contribution in [3.05, 3.63) is 83.7 Å². The lowest BCUT2D eigenvalue weighted by atomic mass is 10.1. The van der Waals surface area contributed by atoms with Crippen molar-refractivity contribution in [3.63, 3.8) is 0 Å². The fraction of sp³-hybridized carbons (Fsp3) is 0.240. The Hall–Kier alpha value is -3.18. The van der Waals surface area contributed by atoms with Gasteiger partial charge < -0.3 is 9.64 Å². The number of hydrogen-bond acceptors (Lipinski definition) is 5. The average molecular weight is 480 g/mol. The molecular formula is C25H22ClN3O3S. The molecule has 1 aliphatic heterocycles. The van der Waals surface area contributed by atoms with E-state index in [2.05, 4.69) is 6.07 Å². The second kappa shape index (κ2) is 9.75. The summed E-state index contributed by atoms with van der Waals surface area (Å²) in [7, 11) is 0. The Balaban J connectivity index is 2.03. The van der Waals surface area contributed by atoms with Gasteiger partial charge in [0.2, 0.25) is 0 Å². The zero-order valence-corrected chi connectivity index (χ0v) is 19.9. The molecule has 1 aromatic heterocycles. The summed E-state index contributed by atoms with van der Waals surface area (Å²) in [4.78, 5) is 28.4. The minimum atomic E-state index is -0.394. The highest BCUT2D eigenvalue weighted by Gasteiger charge is 2.24. The highest BCUT2D eigenvalue weighted by atomic mass is 35.5. The molecule has 1 aliphatic rings. The van der Waals surface area contributed by atoms with Crippen molar-refractivity contribution in [2.24, 2.45) is 0 Å². The molecule has 3 aromatic rings. The first-order valence-electron chi connectivity index (χ1n) is 10.5. The highest BCUT2D eigenvalue weighted by Crippen LogP contribution is 2.15. The normalized spacial score (nSPS) is 15.3. The fourth-order valence-corrected chi connectivity index (χ4v) is 5.07. The Kier molecular flexibility index (Phi) is 6.80. The first-order chi connectivity index (χ1) is 15.9. The van der Waals surface area contributed by atoms with E-state index in [1.54, 1.807) is 29.2 Å². The van der Waals surface area contributed by atoms with Crippen molar-refractivity contribution in [3.8, 4) is 11.8 Å². The lowest BCUT2D eigenvalue weighted by Gasteiger charge is -2.26. The number of aromatic nitrogens is 1. The molecule has 168 valence electrons. The van der Waals surface area contributed by atoms with E-state index in [4.69, 9.17) is 16.3 Å². The summed E-state index contributed by atoms with van der Waals surface area (Å²) < 4.78 is 7.54. The molecule has 6 nitrogen and oxygen atoms in total. The molecule has 2 heterocycles. The van der Waals surface area contributed by atoms with Crippen LogP contribution >= 0.6 is 22.9 Å². The summed E-state index contributed by atoms with van der Waals surface area (Å²) in [5.74, 6) is -0.394. The first-order valence-corrected chi connectivity index (χ1v) is 11.7. The second-order valence-corrected chi connectivity index (χ2v) is 9.26. The average Bonchev–Trinajstić information content (AvgIpc) is 3.10. The number of aryl methyl sites for hydroxylation is 2.